The number of nitrogens with one attached hydrogen (secondary N) is 1. The van der Waals surface area contributed by atoms with Crippen LogP contribution in [0, 0.1) is 5.92 Å². The van der Waals surface area contributed by atoms with E-state index in [-0.39, 0.29) is 6.04 Å². The summed E-state index contributed by atoms with van der Waals surface area (Å²) < 4.78 is 6.48. The van der Waals surface area contributed by atoms with E-state index < -0.39 is 0 Å². The maximum atomic E-state index is 5.91. The van der Waals surface area contributed by atoms with Gasteiger partial charge in [-0.1, -0.05) is 35.2 Å². The lowest BCUT2D eigenvalue weighted by Gasteiger charge is -2.27. The highest BCUT2D eigenvalue weighted by Gasteiger charge is 2.19. The van der Waals surface area contributed by atoms with E-state index in [0.717, 1.165) is 28.2 Å². The van der Waals surface area contributed by atoms with Crippen LogP contribution in [-0.2, 0) is 0 Å². The lowest BCUT2D eigenvalue weighted by atomic mass is 9.83. The Morgan fingerprint density at radius 1 is 1.47 bits per heavy atom. The summed E-state index contributed by atoms with van der Waals surface area (Å²) in [4.78, 5) is 0. The molecule has 1 aliphatic rings. The van der Waals surface area contributed by atoms with Crippen molar-refractivity contribution in [1.29, 1.82) is 0 Å². The van der Waals surface area contributed by atoms with Gasteiger partial charge in [-0.15, -0.1) is 0 Å². The van der Waals surface area contributed by atoms with Gasteiger partial charge in [0.1, 0.15) is 5.75 Å². The van der Waals surface area contributed by atoms with E-state index in [1.54, 1.807) is 7.11 Å². The van der Waals surface area contributed by atoms with Crippen molar-refractivity contribution in [3.63, 3.8) is 0 Å². The predicted molar refractivity (Wildman–Crippen MR) is 82.5 cm³/mol. The molecule has 1 fully saturated rings. The first-order chi connectivity index (χ1) is 9.24. The highest BCUT2D eigenvalue weighted by Crippen LogP contribution is 2.30. The van der Waals surface area contributed by atoms with Crippen LogP contribution in [-0.4, -0.2) is 20.2 Å². The molecule has 3 nitrogen and oxygen atoms in total. The normalized spacial score (nSPS) is 17.0. The number of nitrogens with two attached hydrogens (primary N) is 1. The lowest BCUT2D eigenvalue weighted by Crippen LogP contribution is -2.31. The third-order valence-electron chi connectivity index (χ3n) is 3.97. The molecular weight excluding hydrogens is 304 g/mol. The zero-order chi connectivity index (χ0) is 13.7. The van der Waals surface area contributed by atoms with Crippen molar-refractivity contribution >= 4 is 15.9 Å². The number of rotatable bonds is 7. The van der Waals surface area contributed by atoms with Crippen molar-refractivity contribution in [2.45, 2.75) is 31.7 Å². The van der Waals surface area contributed by atoms with Crippen LogP contribution in [0.25, 0.3) is 0 Å². The SMILES string of the molecule is COc1ccc(Br)cc1C(CN)NCCC1CCC1. The molecule has 0 bridgehead atoms. The van der Waals surface area contributed by atoms with Crippen LogP contribution in [0.5, 0.6) is 5.75 Å². The van der Waals surface area contributed by atoms with Crippen molar-refractivity contribution in [3.8, 4) is 5.75 Å². The van der Waals surface area contributed by atoms with E-state index in [2.05, 4.69) is 27.3 Å². The van der Waals surface area contributed by atoms with Crippen LogP contribution < -0.4 is 15.8 Å². The van der Waals surface area contributed by atoms with E-state index >= 15 is 0 Å². The van der Waals surface area contributed by atoms with Gasteiger partial charge < -0.3 is 15.8 Å². The monoisotopic (exact) mass is 326 g/mol. The van der Waals surface area contributed by atoms with E-state index in [1.807, 2.05) is 12.1 Å². The molecular formula is C15H23BrN2O. The van der Waals surface area contributed by atoms with Gasteiger partial charge in [-0.2, -0.15) is 0 Å². The molecule has 1 atom stereocenters. The number of halogens is 1. The number of ether oxygens (including phenoxy) is 1. The number of hydrogen-bond donors (Lipinski definition) is 2. The number of hydrogen-bond acceptors (Lipinski definition) is 3. The summed E-state index contributed by atoms with van der Waals surface area (Å²) in [5.41, 5.74) is 7.04. The molecule has 2 rings (SSSR count). The highest BCUT2D eigenvalue weighted by molar-refractivity contribution is 9.10. The van der Waals surface area contributed by atoms with Gasteiger partial charge in [0.25, 0.3) is 0 Å². The third-order valence-corrected chi connectivity index (χ3v) is 4.46. The van der Waals surface area contributed by atoms with Gasteiger partial charge in [0.05, 0.1) is 7.11 Å². The van der Waals surface area contributed by atoms with Crippen LogP contribution in [0.2, 0.25) is 0 Å². The van der Waals surface area contributed by atoms with Gasteiger partial charge >= 0.3 is 0 Å². The first-order valence-electron chi connectivity index (χ1n) is 7.01. The fourth-order valence-electron chi connectivity index (χ4n) is 2.54. The van der Waals surface area contributed by atoms with Crippen LogP contribution in [0.1, 0.15) is 37.3 Å². The average Bonchev–Trinajstić information content (AvgIpc) is 2.37. The fraction of sp³-hybridized carbons (Fsp3) is 0.600. The molecule has 0 aliphatic heterocycles. The zero-order valence-electron chi connectivity index (χ0n) is 11.5. The molecule has 1 saturated carbocycles. The van der Waals surface area contributed by atoms with Crippen molar-refractivity contribution in [3.05, 3.63) is 28.2 Å². The molecule has 3 N–H and O–H groups in total. The molecule has 1 aromatic carbocycles. The van der Waals surface area contributed by atoms with Crippen LogP contribution >= 0.6 is 15.9 Å². The molecule has 4 heteroatoms. The zero-order valence-corrected chi connectivity index (χ0v) is 13.1. The number of benzene rings is 1. The molecule has 0 spiro atoms. The van der Waals surface area contributed by atoms with Gasteiger partial charge in [-0.05, 0) is 37.1 Å². The largest absolute Gasteiger partial charge is 0.496 e. The molecule has 1 aliphatic carbocycles. The molecule has 1 unspecified atom stereocenters. The summed E-state index contributed by atoms with van der Waals surface area (Å²) in [7, 11) is 1.70. The van der Waals surface area contributed by atoms with Gasteiger partial charge in [0, 0.05) is 22.6 Å². The summed E-state index contributed by atoms with van der Waals surface area (Å²) in [5.74, 6) is 1.82. The van der Waals surface area contributed by atoms with Crippen LogP contribution in [0.4, 0.5) is 0 Å². The number of methoxy groups -OCH3 is 1. The van der Waals surface area contributed by atoms with E-state index in [1.165, 1.54) is 25.7 Å². The average molecular weight is 327 g/mol. The third kappa shape index (κ3) is 3.94. The molecule has 0 heterocycles. The second-order valence-corrected chi connectivity index (χ2v) is 6.13. The molecule has 106 valence electrons. The molecule has 0 saturated heterocycles. The maximum absolute atomic E-state index is 5.91. The standard InChI is InChI=1S/C15H23BrN2O/c1-19-15-6-5-12(16)9-13(15)14(10-17)18-8-7-11-3-2-4-11/h5-6,9,11,14,18H,2-4,7-8,10,17H2,1H3. The van der Waals surface area contributed by atoms with Gasteiger partial charge in [-0.25, -0.2) is 0 Å². The molecule has 1 aromatic rings. The topological polar surface area (TPSA) is 47.3 Å². The summed E-state index contributed by atoms with van der Waals surface area (Å²) >= 11 is 3.51. The predicted octanol–water partition coefficient (Wildman–Crippen LogP) is 3.24. The summed E-state index contributed by atoms with van der Waals surface area (Å²) in [6, 6.07) is 6.22. The second-order valence-electron chi connectivity index (χ2n) is 5.21. The Morgan fingerprint density at radius 2 is 2.26 bits per heavy atom. The van der Waals surface area contributed by atoms with Gasteiger partial charge in [0.15, 0.2) is 0 Å². The van der Waals surface area contributed by atoms with Crippen molar-refractivity contribution < 1.29 is 4.74 Å². The summed E-state index contributed by atoms with van der Waals surface area (Å²) in [6.07, 6.45) is 5.46. The Labute approximate surface area is 124 Å². The fourth-order valence-corrected chi connectivity index (χ4v) is 2.92. The first-order valence-corrected chi connectivity index (χ1v) is 7.80. The minimum atomic E-state index is 0.160. The molecule has 19 heavy (non-hydrogen) atoms. The summed E-state index contributed by atoms with van der Waals surface area (Å²) in [6.45, 7) is 1.61. The minimum Gasteiger partial charge on any atom is -0.496 e. The van der Waals surface area contributed by atoms with Gasteiger partial charge in [0.2, 0.25) is 0 Å². The Hall–Kier alpha value is -0.580. The second kappa shape index (κ2) is 7.27. The van der Waals surface area contributed by atoms with Crippen LogP contribution in [0.15, 0.2) is 22.7 Å². The molecule has 0 aromatic heterocycles. The maximum Gasteiger partial charge on any atom is 0.123 e. The highest BCUT2D eigenvalue weighted by atomic mass is 79.9. The lowest BCUT2D eigenvalue weighted by molar-refractivity contribution is 0.287. The van der Waals surface area contributed by atoms with Crippen LogP contribution in [0.3, 0.4) is 0 Å². The first kappa shape index (κ1) is 14.8. The minimum absolute atomic E-state index is 0.160. The molecule has 0 amide bonds. The van der Waals surface area contributed by atoms with Gasteiger partial charge in [-0.3, -0.25) is 0 Å². The Balaban J connectivity index is 1.96. The van der Waals surface area contributed by atoms with Crippen molar-refractivity contribution in [1.82, 2.24) is 5.32 Å². The van der Waals surface area contributed by atoms with E-state index in [4.69, 9.17) is 10.5 Å². The molecule has 0 radical (unpaired) electrons. The Kier molecular flexibility index (Phi) is 5.67. The van der Waals surface area contributed by atoms with Crippen molar-refractivity contribution in [2.24, 2.45) is 11.7 Å². The van der Waals surface area contributed by atoms with Crippen molar-refractivity contribution in [2.75, 3.05) is 20.2 Å². The summed E-state index contributed by atoms with van der Waals surface area (Å²) in [5, 5.41) is 3.56. The Morgan fingerprint density at radius 3 is 2.84 bits per heavy atom. The Bertz CT molecular complexity index is 407. The van der Waals surface area contributed by atoms with E-state index in [9.17, 15) is 0 Å². The quantitative estimate of drug-likeness (QED) is 0.808. The van der Waals surface area contributed by atoms with E-state index in [0.29, 0.717) is 6.54 Å². The smallest absolute Gasteiger partial charge is 0.123 e.